The number of hydrogen-bond acceptors (Lipinski definition) is 6. The Labute approximate surface area is 150 Å². The van der Waals surface area contributed by atoms with E-state index in [1.807, 2.05) is 57.2 Å². The highest BCUT2D eigenvalue weighted by molar-refractivity contribution is 7.99. The van der Waals surface area contributed by atoms with E-state index in [-0.39, 0.29) is 11.2 Å². The first-order valence-corrected chi connectivity index (χ1v) is 8.82. The summed E-state index contributed by atoms with van der Waals surface area (Å²) in [5, 5.41) is 15.9. The van der Waals surface area contributed by atoms with Crippen molar-refractivity contribution in [2.24, 2.45) is 5.41 Å². The Morgan fingerprint density at radius 2 is 1.96 bits per heavy atom. The molecule has 0 bridgehead atoms. The molecule has 25 heavy (non-hydrogen) atoms. The highest BCUT2D eigenvalue weighted by Gasteiger charge is 2.23. The highest BCUT2D eigenvalue weighted by Crippen LogP contribution is 2.26. The van der Waals surface area contributed by atoms with Gasteiger partial charge in [0.15, 0.2) is 0 Å². The van der Waals surface area contributed by atoms with E-state index >= 15 is 0 Å². The zero-order valence-electron chi connectivity index (χ0n) is 14.4. The average molecular weight is 356 g/mol. The number of nitrogens with zero attached hydrogens (tertiary/aromatic N) is 4. The molecule has 3 aromatic rings. The van der Waals surface area contributed by atoms with Crippen molar-refractivity contribution in [1.82, 2.24) is 25.1 Å². The zero-order valence-corrected chi connectivity index (χ0v) is 15.2. The lowest BCUT2D eigenvalue weighted by Gasteiger charge is -2.15. The maximum Gasteiger partial charge on any atom is 0.210 e. The molecule has 0 saturated heterocycles. The van der Waals surface area contributed by atoms with Crippen molar-refractivity contribution in [3.05, 3.63) is 36.4 Å². The van der Waals surface area contributed by atoms with Crippen LogP contribution in [0.15, 0.2) is 41.6 Å². The van der Waals surface area contributed by atoms with Gasteiger partial charge in [0.1, 0.15) is 11.5 Å². The Bertz CT molecular complexity index is 878. The van der Waals surface area contributed by atoms with Gasteiger partial charge in [-0.25, -0.2) is 4.68 Å². The van der Waals surface area contributed by atoms with E-state index in [0.29, 0.717) is 22.4 Å². The Kier molecular flexibility index (Phi) is 4.63. The summed E-state index contributed by atoms with van der Waals surface area (Å²) in [6.45, 7) is 5.68. The lowest BCUT2D eigenvalue weighted by molar-refractivity contribution is -0.123. The van der Waals surface area contributed by atoms with Crippen LogP contribution < -0.4 is 5.84 Å². The molecule has 0 aliphatic rings. The maximum atomic E-state index is 12.1. The van der Waals surface area contributed by atoms with Crippen molar-refractivity contribution >= 4 is 17.5 Å². The highest BCUT2D eigenvalue weighted by atomic mass is 32.2. The fourth-order valence-electron chi connectivity index (χ4n) is 2.10. The molecule has 7 nitrogen and oxygen atoms in total. The number of carbonyl (C=O) groups is 1. The van der Waals surface area contributed by atoms with Crippen LogP contribution >= 0.6 is 11.8 Å². The van der Waals surface area contributed by atoms with Crippen LogP contribution in [0, 0.1) is 5.41 Å². The summed E-state index contributed by atoms with van der Waals surface area (Å²) in [6.07, 6.45) is 0. The number of rotatable bonds is 5. The second-order valence-corrected chi connectivity index (χ2v) is 7.61. The molecule has 0 atom stereocenters. The minimum atomic E-state index is -0.386. The van der Waals surface area contributed by atoms with E-state index in [9.17, 15) is 4.79 Å². The molecule has 0 aliphatic heterocycles. The van der Waals surface area contributed by atoms with Crippen LogP contribution in [0.2, 0.25) is 0 Å². The molecule has 130 valence electrons. The normalized spacial score (nSPS) is 11.6. The van der Waals surface area contributed by atoms with Crippen LogP contribution in [0.3, 0.4) is 0 Å². The quantitative estimate of drug-likeness (QED) is 0.538. The van der Waals surface area contributed by atoms with Crippen LogP contribution in [0.4, 0.5) is 0 Å². The number of aromatic amines is 1. The molecule has 0 unspecified atom stereocenters. The molecular formula is C17H20N6OS. The van der Waals surface area contributed by atoms with Crippen LogP contribution in [0.1, 0.15) is 20.8 Å². The summed E-state index contributed by atoms with van der Waals surface area (Å²) in [5.41, 5.74) is 2.08. The standard InChI is InChI=1S/C17H20N6OS/c1-17(2,3)14(24)10-25-16-22-21-15(23(16)18)13-9-12(19-20-13)11-7-5-4-6-8-11/h4-9H,10,18H2,1-3H3,(H,19,20). The lowest BCUT2D eigenvalue weighted by Crippen LogP contribution is -2.22. The van der Waals surface area contributed by atoms with Crippen molar-refractivity contribution in [2.45, 2.75) is 25.9 Å². The van der Waals surface area contributed by atoms with Crippen molar-refractivity contribution in [3.63, 3.8) is 0 Å². The molecular weight excluding hydrogens is 336 g/mol. The third kappa shape index (κ3) is 3.74. The number of nitrogen functional groups attached to an aromatic ring is 1. The molecule has 0 aliphatic carbocycles. The number of thioether (sulfide) groups is 1. The first kappa shape index (κ1) is 17.2. The predicted molar refractivity (Wildman–Crippen MR) is 98.4 cm³/mol. The first-order valence-electron chi connectivity index (χ1n) is 7.84. The average Bonchev–Trinajstić information content (AvgIpc) is 3.19. The molecule has 1 aromatic carbocycles. The zero-order chi connectivity index (χ0) is 18.0. The SMILES string of the molecule is CC(C)(C)C(=O)CSc1nnc(-c2cc(-c3ccccc3)n[nH]2)n1N. The number of Topliss-reactive ketones (excluding diaryl/α,β-unsaturated/α-hetero) is 1. The number of H-pyrrole nitrogens is 1. The Morgan fingerprint density at radius 3 is 2.64 bits per heavy atom. The molecule has 2 heterocycles. The van der Waals surface area contributed by atoms with Crippen molar-refractivity contribution in [2.75, 3.05) is 11.6 Å². The van der Waals surface area contributed by atoms with Crippen LogP contribution in [0.25, 0.3) is 22.8 Å². The van der Waals surface area contributed by atoms with E-state index in [2.05, 4.69) is 20.4 Å². The van der Waals surface area contributed by atoms with Gasteiger partial charge in [0.25, 0.3) is 0 Å². The number of aromatic nitrogens is 5. The Morgan fingerprint density at radius 1 is 1.24 bits per heavy atom. The van der Waals surface area contributed by atoms with Crippen molar-refractivity contribution in [1.29, 1.82) is 0 Å². The van der Waals surface area contributed by atoms with Gasteiger partial charge >= 0.3 is 0 Å². The van der Waals surface area contributed by atoms with E-state index in [1.54, 1.807) is 0 Å². The molecule has 3 N–H and O–H groups in total. The monoisotopic (exact) mass is 356 g/mol. The maximum absolute atomic E-state index is 12.1. The lowest BCUT2D eigenvalue weighted by atomic mass is 9.92. The van der Waals surface area contributed by atoms with Crippen LogP contribution in [-0.2, 0) is 4.79 Å². The van der Waals surface area contributed by atoms with E-state index in [4.69, 9.17) is 5.84 Å². The summed E-state index contributed by atoms with van der Waals surface area (Å²) in [6, 6.07) is 11.7. The van der Waals surface area contributed by atoms with Crippen LogP contribution in [0.5, 0.6) is 0 Å². The number of hydrogen-bond donors (Lipinski definition) is 2. The third-order valence-corrected chi connectivity index (χ3v) is 4.66. The Hall–Kier alpha value is -2.61. The summed E-state index contributed by atoms with van der Waals surface area (Å²) in [7, 11) is 0. The molecule has 0 fully saturated rings. The third-order valence-electron chi connectivity index (χ3n) is 3.72. The second kappa shape index (κ2) is 6.72. The summed E-state index contributed by atoms with van der Waals surface area (Å²) >= 11 is 1.28. The van der Waals surface area contributed by atoms with Gasteiger partial charge in [0.2, 0.25) is 11.0 Å². The predicted octanol–water partition coefficient (Wildman–Crippen LogP) is 2.76. The van der Waals surface area contributed by atoms with Gasteiger partial charge in [-0.2, -0.15) is 5.10 Å². The first-order chi connectivity index (χ1) is 11.9. The van der Waals surface area contributed by atoms with E-state index in [0.717, 1.165) is 11.3 Å². The number of benzene rings is 1. The smallest absolute Gasteiger partial charge is 0.210 e. The molecule has 0 spiro atoms. The number of carbonyl (C=O) groups excluding carboxylic acids is 1. The largest absolute Gasteiger partial charge is 0.335 e. The summed E-state index contributed by atoms with van der Waals surface area (Å²) in [4.78, 5) is 12.1. The molecule has 0 radical (unpaired) electrons. The van der Waals surface area contributed by atoms with E-state index in [1.165, 1.54) is 16.4 Å². The Balaban J connectivity index is 1.78. The number of ketones is 1. The van der Waals surface area contributed by atoms with Gasteiger partial charge in [-0.05, 0) is 6.07 Å². The summed E-state index contributed by atoms with van der Waals surface area (Å²) in [5.74, 6) is 7.00. The van der Waals surface area contributed by atoms with Crippen LogP contribution in [-0.4, -0.2) is 36.6 Å². The fraction of sp³-hybridized carbons (Fsp3) is 0.294. The van der Waals surface area contributed by atoms with Gasteiger partial charge in [-0.3, -0.25) is 9.89 Å². The number of nitrogens with two attached hydrogens (primary N) is 1. The topological polar surface area (TPSA) is 102 Å². The second-order valence-electron chi connectivity index (χ2n) is 6.67. The fourth-order valence-corrected chi connectivity index (χ4v) is 3.12. The van der Waals surface area contributed by atoms with E-state index < -0.39 is 0 Å². The van der Waals surface area contributed by atoms with Gasteiger partial charge in [-0.15, -0.1) is 10.2 Å². The van der Waals surface area contributed by atoms with Gasteiger partial charge in [0.05, 0.1) is 11.4 Å². The minimum absolute atomic E-state index is 0.134. The molecule has 3 rings (SSSR count). The van der Waals surface area contributed by atoms with Gasteiger partial charge in [-0.1, -0.05) is 62.9 Å². The van der Waals surface area contributed by atoms with Crippen molar-refractivity contribution in [3.8, 4) is 22.8 Å². The molecule has 0 amide bonds. The van der Waals surface area contributed by atoms with Crippen molar-refractivity contribution < 1.29 is 4.79 Å². The number of nitrogens with one attached hydrogen (secondary N) is 1. The van der Waals surface area contributed by atoms with Gasteiger partial charge in [0, 0.05) is 11.0 Å². The summed E-state index contributed by atoms with van der Waals surface area (Å²) < 4.78 is 1.38. The molecule has 2 aromatic heterocycles. The minimum Gasteiger partial charge on any atom is -0.335 e. The van der Waals surface area contributed by atoms with Gasteiger partial charge < -0.3 is 5.84 Å². The molecule has 8 heteroatoms. The molecule has 0 saturated carbocycles.